The van der Waals surface area contributed by atoms with Gasteiger partial charge in [-0.1, -0.05) is 0 Å². The lowest BCUT2D eigenvalue weighted by Gasteiger charge is -2.04. The number of aromatic nitrogens is 2. The summed E-state index contributed by atoms with van der Waals surface area (Å²) in [6.45, 7) is 0. The largest absolute Gasteiger partial charge is 0.478 e. The number of carboxylic acid groups (broad SMARTS) is 1. The topological polar surface area (TPSA) is 107 Å². The van der Waals surface area contributed by atoms with E-state index in [9.17, 15) is 14.9 Å². The second kappa shape index (κ2) is 5.87. The second-order valence-corrected chi connectivity index (χ2v) is 4.10. The van der Waals surface area contributed by atoms with Crippen molar-refractivity contribution in [2.75, 3.05) is 0 Å². The fraction of sp³-hybridized carbons (Fsp3) is 0.0769. The third kappa shape index (κ3) is 3.66. The Kier molecular flexibility index (Phi) is 3.98. The summed E-state index contributed by atoms with van der Waals surface area (Å²) in [6, 6.07) is 4.08. The lowest BCUT2D eigenvalue weighted by Crippen LogP contribution is -1.94. The van der Waals surface area contributed by atoms with Gasteiger partial charge in [0.2, 0.25) is 0 Å². The van der Waals surface area contributed by atoms with E-state index in [1.165, 1.54) is 24.4 Å². The van der Waals surface area contributed by atoms with E-state index in [-0.39, 0.29) is 11.3 Å². The smallest absolute Gasteiger partial charge is 0.328 e. The summed E-state index contributed by atoms with van der Waals surface area (Å²) in [5.41, 5.74) is -0.0603. The van der Waals surface area contributed by atoms with Crippen LogP contribution in [-0.4, -0.2) is 25.8 Å². The molecule has 0 aliphatic rings. The molecule has 2 rings (SSSR count). The molecule has 0 radical (unpaired) electrons. The molecule has 1 aromatic heterocycles. The average Bonchev–Trinajstić information content (AvgIpc) is 2.81. The molecule has 2 aromatic rings. The van der Waals surface area contributed by atoms with Gasteiger partial charge in [-0.3, -0.25) is 14.8 Å². The minimum absolute atomic E-state index is 0.142. The van der Waals surface area contributed by atoms with Crippen LogP contribution < -0.4 is 4.74 Å². The molecule has 0 atom stereocenters. The molecule has 21 heavy (non-hydrogen) atoms. The van der Waals surface area contributed by atoms with Crippen LogP contribution in [0.5, 0.6) is 11.5 Å². The predicted molar refractivity (Wildman–Crippen MR) is 73.0 cm³/mol. The number of aryl methyl sites for hydroxylation is 1. The van der Waals surface area contributed by atoms with Gasteiger partial charge in [-0.05, 0) is 18.2 Å². The standard InChI is InChI=1S/C13H11N3O5/c1-15-8-11(7-14-15)21-10-3-4-12(16(19)20)9(6-10)2-5-13(17)18/h2-8H,1H3,(H,17,18)/b5-2+. The molecule has 1 heterocycles. The lowest BCUT2D eigenvalue weighted by molar-refractivity contribution is -0.385. The number of benzene rings is 1. The van der Waals surface area contributed by atoms with E-state index >= 15 is 0 Å². The maximum absolute atomic E-state index is 10.9. The van der Waals surface area contributed by atoms with Crippen molar-refractivity contribution in [1.29, 1.82) is 0 Å². The number of hydrogen-bond donors (Lipinski definition) is 1. The van der Waals surface area contributed by atoms with Gasteiger partial charge >= 0.3 is 5.97 Å². The summed E-state index contributed by atoms with van der Waals surface area (Å²) in [5, 5.41) is 23.5. The molecule has 108 valence electrons. The van der Waals surface area contributed by atoms with Crippen molar-refractivity contribution in [3.8, 4) is 11.5 Å². The molecular weight excluding hydrogens is 278 g/mol. The van der Waals surface area contributed by atoms with Gasteiger partial charge in [-0.15, -0.1) is 0 Å². The molecule has 0 fully saturated rings. The summed E-state index contributed by atoms with van der Waals surface area (Å²) in [5.74, 6) is -0.374. The van der Waals surface area contributed by atoms with Crippen LogP contribution in [0.15, 0.2) is 36.7 Å². The highest BCUT2D eigenvalue weighted by atomic mass is 16.6. The number of nitrogens with zero attached hydrogens (tertiary/aromatic N) is 3. The highest BCUT2D eigenvalue weighted by molar-refractivity contribution is 5.86. The first kappa shape index (κ1) is 14.3. The second-order valence-electron chi connectivity index (χ2n) is 4.10. The molecule has 0 saturated heterocycles. The predicted octanol–water partition coefficient (Wildman–Crippen LogP) is 2.22. The summed E-state index contributed by atoms with van der Waals surface area (Å²) in [7, 11) is 1.73. The van der Waals surface area contributed by atoms with Crippen LogP contribution in [0.4, 0.5) is 5.69 Å². The molecule has 0 saturated carbocycles. The van der Waals surface area contributed by atoms with E-state index < -0.39 is 10.9 Å². The van der Waals surface area contributed by atoms with Gasteiger partial charge in [-0.25, -0.2) is 4.79 Å². The van der Waals surface area contributed by atoms with Gasteiger partial charge in [-0.2, -0.15) is 5.10 Å². The number of aliphatic carboxylic acids is 1. The Hall–Kier alpha value is -3.16. The van der Waals surface area contributed by atoms with Gasteiger partial charge in [0.25, 0.3) is 5.69 Å². The summed E-state index contributed by atoms with van der Waals surface area (Å²) < 4.78 is 7.04. The first-order valence-corrected chi connectivity index (χ1v) is 5.81. The minimum Gasteiger partial charge on any atom is -0.478 e. The van der Waals surface area contributed by atoms with Crippen LogP contribution in [0.2, 0.25) is 0 Å². The molecule has 0 amide bonds. The monoisotopic (exact) mass is 289 g/mol. The van der Waals surface area contributed by atoms with E-state index in [4.69, 9.17) is 9.84 Å². The van der Waals surface area contributed by atoms with Crippen molar-refractivity contribution in [3.05, 3.63) is 52.3 Å². The van der Waals surface area contributed by atoms with Crippen molar-refractivity contribution < 1.29 is 19.6 Å². The molecule has 0 unspecified atom stereocenters. The third-order valence-corrected chi connectivity index (χ3v) is 2.52. The lowest BCUT2D eigenvalue weighted by atomic mass is 10.1. The molecule has 8 nitrogen and oxygen atoms in total. The van der Waals surface area contributed by atoms with Crippen LogP contribution in [0, 0.1) is 10.1 Å². The Balaban J connectivity index is 2.34. The van der Waals surface area contributed by atoms with Crippen LogP contribution in [0.3, 0.4) is 0 Å². The van der Waals surface area contributed by atoms with Gasteiger partial charge in [0, 0.05) is 19.2 Å². The number of nitro benzene ring substituents is 1. The zero-order valence-electron chi connectivity index (χ0n) is 11.0. The fourth-order valence-electron chi connectivity index (χ4n) is 1.64. The SMILES string of the molecule is Cn1cc(Oc2ccc([N+](=O)[O-])c(/C=C/C(=O)O)c2)cn1. The number of nitro groups is 1. The van der Waals surface area contributed by atoms with Crippen molar-refractivity contribution in [2.45, 2.75) is 0 Å². The number of carboxylic acids is 1. The zero-order valence-corrected chi connectivity index (χ0v) is 11.0. The van der Waals surface area contributed by atoms with E-state index in [0.29, 0.717) is 11.5 Å². The quantitative estimate of drug-likeness (QED) is 0.513. The Morgan fingerprint density at radius 2 is 2.24 bits per heavy atom. The number of carbonyl (C=O) groups is 1. The molecule has 0 spiro atoms. The molecule has 1 aromatic carbocycles. The van der Waals surface area contributed by atoms with Crippen LogP contribution in [0.25, 0.3) is 6.08 Å². The Morgan fingerprint density at radius 3 is 2.81 bits per heavy atom. The van der Waals surface area contributed by atoms with Crippen molar-refractivity contribution in [1.82, 2.24) is 9.78 Å². The number of ether oxygens (including phenoxy) is 1. The molecule has 0 bridgehead atoms. The molecule has 0 aliphatic heterocycles. The normalized spacial score (nSPS) is 10.7. The number of hydrogen-bond acceptors (Lipinski definition) is 5. The molecule has 0 aliphatic carbocycles. The maximum Gasteiger partial charge on any atom is 0.328 e. The van der Waals surface area contributed by atoms with Gasteiger partial charge in [0.05, 0.1) is 22.9 Å². The van der Waals surface area contributed by atoms with Gasteiger partial charge in [0.15, 0.2) is 5.75 Å². The fourth-order valence-corrected chi connectivity index (χ4v) is 1.64. The molecular formula is C13H11N3O5. The first-order chi connectivity index (χ1) is 9.95. The third-order valence-electron chi connectivity index (χ3n) is 2.52. The van der Waals surface area contributed by atoms with Crippen LogP contribution in [0.1, 0.15) is 5.56 Å². The number of rotatable bonds is 5. The van der Waals surface area contributed by atoms with E-state index in [1.807, 2.05) is 0 Å². The zero-order chi connectivity index (χ0) is 15.4. The minimum atomic E-state index is -1.19. The first-order valence-electron chi connectivity index (χ1n) is 5.81. The molecule has 8 heteroatoms. The van der Waals surface area contributed by atoms with E-state index in [2.05, 4.69) is 5.10 Å². The molecule has 1 N–H and O–H groups in total. The summed E-state index contributed by atoms with van der Waals surface area (Å²) >= 11 is 0. The average molecular weight is 289 g/mol. The van der Waals surface area contributed by atoms with Crippen molar-refractivity contribution >= 4 is 17.7 Å². The summed E-state index contributed by atoms with van der Waals surface area (Å²) in [6.07, 6.45) is 5.11. The Morgan fingerprint density at radius 1 is 1.48 bits per heavy atom. The van der Waals surface area contributed by atoms with Crippen LogP contribution >= 0.6 is 0 Å². The van der Waals surface area contributed by atoms with E-state index in [1.54, 1.807) is 17.9 Å². The van der Waals surface area contributed by atoms with Crippen molar-refractivity contribution in [2.24, 2.45) is 7.05 Å². The van der Waals surface area contributed by atoms with E-state index in [0.717, 1.165) is 12.2 Å². The highest BCUT2D eigenvalue weighted by Crippen LogP contribution is 2.28. The Labute approximate surface area is 119 Å². The highest BCUT2D eigenvalue weighted by Gasteiger charge is 2.13. The van der Waals surface area contributed by atoms with Crippen molar-refractivity contribution in [3.63, 3.8) is 0 Å². The van der Waals surface area contributed by atoms with Gasteiger partial charge in [0.1, 0.15) is 5.75 Å². The Bertz CT molecular complexity index is 720. The summed E-state index contributed by atoms with van der Waals surface area (Å²) in [4.78, 5) is 20.9. The van der Waals surface area contributed by atoms with Gasteiger partial charge < -0.3 is 9.84 Å². The maximum atomic E-state index is 10.9. The van der Waals surface area contributed by atoms with Crippen LogP contribution in [-0.2, 0) is 11.8 Å².